The highest BCUT2D eigenvalue weighted by molar-refractivity contribution is 4.86. The Labute approximate surface area is 70.9 Å². The van der Waals surface area contributed by atoms with Crippen LogP contribution in [0.25, 0.3) is 0 Å². The molecule has 2 atom stereocenters. The SMILES string of the molecule is CC(C(O)CO)C(O)(CO)CO. The maximum absolute atomic E-state index is 9.43. The van der Waals surface area contributed by atoms with Gasteiger partial charge in [0.25, 0.3) is 0 Å². The average Bonchev–Trinajstić information content (AvgIpc) is 2.14. The minimum absolute atomic E-state index is 0.510. The van der Waals surface area contributed by atoms with Gasteiger partial charge in [0.1, 0.15) is 5.60 Å². The molecule has 0 fully saturated rings. The summed E-state index contributed by atoms with van der Waals surface area (Å²) in [5.74, 6) is -0.780. The number of hydrogen-bond acceptors (Lipinski definition) is 5. The predicted octanol–water partition coefficient (Wildman–Crippen LogP) is -2.31. The minimum Gasteiger partial charge on any atom is -0.394 e. The van der Waals surface area contributed by atoms with Gasteiger partial charge in [-0.25, -0.2) is 0 Å². The molecule has 0 bridgehead atoms. The number of aliphatic hydroxyl groups excluding tert-OH is 4. The molecule has 0 amide bonds. The van der Waals surface area contributed by atoms with Crippen LogP contribution in [0, 0.1) is 5.92 Å². The third-order valence-electron chi connectivity index (χ3n) is 2.16. The molecule has 0 radical (unpaired) electrons. The van der Waals surface area contributed by atoms with E-state index in [9.17, 15) is 5.11 Å². The Morgan fingerprint density at radius 3 is 1.83 bits per heavy atom. The zero-order chi connectivity index (χ0) is 9.78. The fourth-order valence-electron chi connectivity index (χ4n) is 0.854. The Hall–Kier alpha value is -0.200. The Kier molecular flexibility index (Phi) is 4.66. The third-order valence-corrected chi connectivity index (χ3v) is 2.16. The number of rotatable bonds is 5. The van der Waals surface area contributed by atoms with Gasteiger partial charge in [-0.3, -0.25) is 0 Å². The van der Waals surface area contributed by atoms with E-state index in [1.165, 1.54) is 6.92 Å². The van der Waals surface area contributed by atoms with E-state index in [0.29, 0.717) is 0 Å². The van der Waals surface area contributed by atoms with Crippen molar-refractivity contribution in [1.82, 2.24) is 0 Å². The van der Waals surface area contributed by atoms with Crippen LogP contribution in [-0.2, 0) is 0 Å². The van der Waals surface area contributed by atoms with Crippen LogP contribution in [0.3, 0.4) is 0 Å². The largest absolute Gasteiger partial charge is 0.394 e. The maximum atomic E-state index is 9.43. The first-order chi connectivity index (χ1) is 5.51. The van der Waals surface area contributed by atoms with Gasteiger partial charge >= 0.3 is 0 Å². The molecular weight excluding hydrogens is 164 g/mol. The molecule has 5 nitrogen and oxygen atoms in total. The first-order valence-electron chi connectivity index (χ1n) is 3.75. The predicted molar refractivity (Wildman–Crippen MR) is 41.4 cm³/mol. The zero-order valence-corrected chi connectivity index (χ0v) is 7.01. The summed E-state index contributed by atoms with van der Waals surface area (Å²) < 4.78 is 0. The molecule has 0 rings (SSSR count). The van der Waals surface area contributed by atoms with Gasteiger partial charge in [-0.1, -0.05) is 6.92 Å². The van der Waals surface area contributed by atoms with Gasteiger partial charge in [-0.2, -0.15) is 0 Å². The van der Waals surface area contributed by atoms with Gasteiger partial charge < -0.3 is 25.5 Å². The van der Waals surface area contributed by atoms with Crippen LogP contribution < -0.4 is 0 Å². The number of aliphatic hydroxyl groups is 5. The lowest BCUT2D eigenvalue weighted by atomic mass is 9.86. The summed E-state index contributed by atoms with van der Waals surface area (Å²) in [6.07, 6.45) is -1.14. The van der Waals surface area contributed by atoms with Crippen LogP contribution in [0.1, 0.15) is 6.92 Å². The summed E-state index contributed by atoms with van der Waals surface area (Å²) in [4.78, 5) is 0. The van der Waals surface area contributed by atoms with Crippen molar-refractivity contribution in [2.45, 2.75) is 18.6 Å². The molecule has 74 valence electrons. The van der Waals surface area contributed by atoms with Crippen LogP contribution in [0.5, 0.6) is 0 Å². The van der Waals surface area contributed by atoms with Crippen molar-refractivity contribution >= 4 is 0 Å². The molecule has 0 aliphatic carbocycles. The van der Waals surface area contributed by atoms with Crippen molar-refractivity contribution in [2.24, 2.45) is 5.92 Å². The molecule has 0 aromatic heterocycles. The molecule has 0 saturated heterocycles. The van der Waals surface area contributed by atoms with E-state index in [1.54, 1.807) is 0 Å². The summed E-state index contributed by atoms with van der Waals surface area (Å²) in [5.41, 5.74) is -1.73. The third kappa shape index (κ3) is 2.40. The Balaban J connectivity index is 4.29. The van der Waals surface area contributed by atoms with Gasteiger partial charge in [0.2, 0.25) is 0 Å². The summed E-state index contributed by atoms with van der Waals surface area (Å²) >= 11 is 0. The fraction of sp³-hybridized carbons (Fsp3) is 1.00. The average molecular weight is 180 g/mol. The van der Waals surface area contributed by atoms with Crippen molar-refractivity contribution in [3.8, 4) is 0 Å². The van der Waals surface area contributed by atoms with Gasteiger partial charge in [0, 0.05) is 5.92 Å². The molecule has 0 aliphatic rings. The van der Waals surface area contributed by atoms with E-state index < -0.39 is 37.4 Å². The van der Waals surface area contributed by atoms with E-state index >= 15 is 0 Å². The quantitative estimate of drug-likeness (QED) is 0.327. The van der Waals surface area contributed by atoms with Crippen molar-refractivity contribution in [2.75, 3.05) is 19.8 Å². The lowest BCUT2D eigenvalue weighted by Crippen LogP contribution is -2.49. The van der Waals surface area contributed by atoms with E-state index in [1.807, 2.05) is 0 Å². The van der Waals surface area contributed by atoms with Crippen LogP contribution in [0.2, 0.25) is 0 Å². The molecule has 2 unspecified atom stereocenters. The highest BCUT2D eigenvalue weighted by Gasteiger charge is 2.36. The van der Waals surface area contributed by atoms with Crippen LogP contribution >= 0.6 is 0 Å². The molecule has 0 aromatic carbocycles. The van der Waals surface area contributed by atoms with Gasteiger partial charge in [-0.05, 0) is 0 Å². The van der Waals surface area contributed by atoms with Gasteiger partial charge in [-0.15, -0.1) is 0 Å². The summed E-state index contributed by atoms with van der Waals surface area (Å²) in [6, 6.07) is 0. The second kappa shape index (κ2) is 4.74. The molecule has 0 spiro atoms. The fourth-order valence-corrected chi connectivity index (χ4v) is 0.854. The molecule has 0 saturated carbocycles. The Morgan fingerprint density at radius 1 is 1.17 bits per heavy atom. The normalized spacial score (nSPS) is 17.5. The van der Waals surface area contributed by atoms with E-state index in [-0.39, 0.29) is 0 Å². The topological polar surface area (TPSA) is 101 Å². The van der Waals surface area contributed by atoms with E-state index in [4.69, 9.17) is 20.4 Å². The standard InChI is InChI=1S/C7H16O5/c1-5(6(11)2-8)7(12,3-9)4-10/h5-6,8-12H,2-4H2,1H3. The van der Waals surface area contributed by atoms with Crippen molar-refractivity contribution < 1.29 is 25.5 Å². The lowest BCUT2D eigenvalue weighted by molar-refractivity contribution is -0.128. The first-order valence-corrected chi connectivity index (χ1v) is 3.75. The summed E-state index contributed by atoms with van der Waals surface area (Å²) in [5, 5.41) is 44.4. The maximum Gasteiger partial charge on any atom is 0.116 e. The van der Waals surface area contributed by atoms with Crippen LogP contribution in [0.15, 0.2) is 0 Å². The smallest absolute Gasteiger partial charge is 0.116 e. The Morgan fingerprint density at radius 2 is 1.58 bits per heavy atom. The number of hydrogen-bond donors (Lipinski definition) is 5. The first kappa shape index (κ1) is 11.8. The van der Waals surface area contributed by atoms with Gasteiger partial charge in [0.15, 0.2) is 0 Å². The monoisotopic (exact) mass is 180 g/mol. The second-order valence-electron chi connectivity index (χ2n) is 2.96. The minimum atomic E-state index is -1.73. The van der Waals surface area contributed by atoms with E-state index in [0.717, 1.165) is 0 Å². The lowest BCUT2D eigenvalue weighted by Gasteiger charge is -2.32. The molecule has 5 heteroatoms. The highest BCUT2D eigenvalue weighted by atomic mass is 16.4. The molecule has 5 N–H and O–H groups in total. The zero-order valence-electron chi connectivity index (χ0n) is 7.01. The highest BCUT2D eigenvalue weighted by Crippen LogP contribution is 2.19. The summed E-state index contributed by atoms with van der Waals surface area (Å²) in [6.45, 7) is -0.375. The second-order valence-corrected chi connectivity index (χ2v) is 2.96. The van der Waals surface area contributed by atoms with Crippen LogP contribution in [-0.4, -0.2) is 57.1 Å². The van der Waals surface area contributed by atoms with Crippen molar-refractivity contribution in [3.63, 3.8) is 0 Å². The summed E-state index contributed by atoms with van der Waals surface area (Å²) in [7, 11) is 0. The van der Waals surface area contributed by atoms with Crippen molar-refractivity contribution in [1.29, 1.82) is 0 Å². The molecular formula is C7H16O5. The molecule has 0 heterocycles. The Bertz CT molecular complexity index is 123. The molecule has 12 heavy (non-hydrogen) atoms. The molecule has 0 aromatic rings. The van der Waals surface area contributed by atoms with Crippen molar-refractivity contribution in [3.05, 3.63) is 0 Å². The molecule has 0 aliphatic heterocycles. The van der Waals surface area contributed by atoms with Gasteiger partial charge in [0.05, 0.1) is 25.9 Å². The van der Waals surface area contributed by atoms with E-state index in [2.05, 4.69) is 0 Å². The van der Waals surface area contributed by atoms with Crippen LogP contribution in [0.4, 0.5) is 0 Å².